The maximum absolute atomic E-state index is 13.7. The van der Waals surface area contributed by atoms with Crippen molar-refractivity contribution in [3.8, 4) is 22.5 Å². The molecule has 0 saturated heterocycles. The summed E-state index contributed by atoms with van der Waals surface area (Å²) in [5.74, 6) is 0.279. The quantitative estimate of drug-likeness (QED) is 0.682. The maximum Gasteiger partial charge on any atom is 0.177 e. The summed E-state index contributed by atoms with van der Waals surface area (Å²) < 4.78 is 19.4. The van der Waals surface area contributed by atoms with Crippen molar-refractivity contribution < 1.29 is 8.91 Å². The van der Waals surface area contributed by atoms with Crippen molar-refractivity contribution in [2.75, 3.05) is 5.73 Å². The Morgan fingerprint density at radius 3 is 2.43 bits per heavy atom. The summed E-state index contributed by atoms with van der Waals surface area (Å²) in [6.07, 6.45) is 0. The van der Waals surface area contributed by atoms with E-state index in [1.807, 2.05) is 12.1 Å². The molecule has 106 valence electrons. The fourth-order valence-corrected chi connectivity index (χ4v) is 2.40. The van der Waals surface area contributed by atoms with Crippen molar-refractivity contribution in [3.63, 3.8) is 0 Å². The molecule has 1 heterocycles. The van der Waals surface area contributed by atoms with Crippen LogP contribution in [0.5, 0.6) is 0 Å². The Kier molecular flexibility index (Phi) is 3.69. The third-order valence-corrected chi connectivity index (χ3v) is 3.93. The summed E-state index contributed by atoms with van der Waals surface area (Å²) in [5, 5.41) is 4.40. The zero-order valence-corrected chi connectivity index (χ0v) is 13.0. The van der Waals surface area contributed by atoms with Gasteiger partial charge in [0, 0.05) is 10.6 Å². The van der Waals surface area contributed by atoms with Gasteiger partial charge in [-0.1, -0.05) is 28.9 Å². The largest absolute Gasteiger partial charge is 0.380 e. The van der Waals surface area contributed by atoms with Gasteiger partial charge in [-0.25, -0.2) is 4.39 Å². The first-order chi connectivity index (χ1) is 10.1. The molecule has 3 nitrogen and oxygen atoms in total. The van der Waals surface area contributed by atoms with Crippen molar-refractivity contribution in [2.45, 2.75) is 0 Å². The van der Waals surface area contributed by atoms with Gasteiger partial charge >= 0.3 is 0 Å². The smallest absolute Gasteiger partial charge is 0.177 e. The van der Waals surface area contributed by atoms with Gasteiger partial charge in [-0.15, -0.1) is 0 Å². The number of rotatable bonds is 2. The molecule has 2 N–H and O–H groups in total. The van der Waals surface area contributed by atoms with Gasteiger partial charge in [0.05, 0.1) is 10.0 Å². The van der Waals surface area contributed by atoms with Crippen LogP contribution in [0.15, 0.2) is 51.5 Å². The Morgan fingerprint density at radius 2 is 1.76 bits per heavy atom. The van der Waals surface area contributed by atoms with Crippen LogP contribution >= 0.6 is 27.5 Å². The summed E-state index contributed by atoms with van der Waals surface area (Å²) in [6.45, 7) is 0. The van der Waals surface area contributed by atoms with Gasteiger partial charge in [-0.3, -0.25) is 0 Å². The van der Waals surface area contributed by atoms with Gasteiger partial charge < -0.3 is 10.3 Å². The SMILES string of the molecule is Nc1noc(-c2ccc(Br)c(F)c2)c1-c1ccc(Cl)cc1. The fraction of sp³-hybridized carbons (Fsp3) is 0. The molecule has 0 amide bonds. The first-order valence-electron chi connectivity index (χ1n) is 6.03. The number of halogens is 3. The Morgan fingerprint density at radius 1 is 1.10 bits per heavy atom. The zero-order valence-electron chi connectivity index (χ0n) is 10.6. The van der Waals surface area contributed by atoms with Crippen LogP contribution in [-0.2, 0) is 0 Å². The van der Waals surface area contributed by atoms with E-state index in [1.165, 1.54) is 6.07 Å². The molecule has 3 aromatic rings. The highest BCUT2D eigenvalue weighted by Gasteiger charge is 2.18. The van der Waals surface area contributed by atoms with E-state index < -0.39 is 0 Å². The number of hydrogen-bond acceptors (Lipinski definition) is 3. The van der Waals surface area contributed by atoms with Crippen LogP contribution in [0.3, 0.4) is 0 Å². The zero-order chi connectivity index (χ0) is 15.0. The Bertz CT molecular complexity index is 802. The summed E-state index contributed by atoms with van der Waals surface area (Å²) in [7, 11) is 0. The van der Waals surface area contributed by atoms with Crippen molar-refractivity contribution in [2.24, 2.45) is 0 Å². The van der Waals surface area contributed by atoms with Crippen LogP contribution in [0.25, 0.3) is 22.5 Å². The molecule has 0 aliphatic carbocycles. The number of nitrogens with zero attached hydrogens (tertiary/aromatic N) is 1. The summed E-state index contributed by atoms with van der Waals surface area (Å²) in [4.78, 5) is 0. The van der Waals surface area contributed by atoms with Crippen LogP contribution < -0.4 is 5.73 Å². The van der Waals surface area contributed by atoms with Crippen molar-refractivity contribution in [1.29, 1.82) is 0 Å². The molecule has 0 radical (unpaired) electrons. The van der Waals surface area contributed by atoms with Gasteiger partial charge in [0.1, 0.15) is 5.82 Å². The minimum Gasteiger partial charge on any atom is -0.380 e. The average molecular weight is 368 g/mol. The van der Waals surface area contributed by atoms with Crippen molar-refractivity contribution in [3.05, 3.63) is 57.8 Å². The lowest BCUT2D eigenvalue weighted by Crippen LogP contribution is -1.89. The molecule has 0 saturated carbocycles. The number of nitrogen functional groups attached to an aromatic ring is 1. The number of nitrogens with two attached hydrogens (primary N) is 1. The normalized spacial score (nSPS) is 10.8. The third kappa shape index (κ3) is 2.66. The van der Waals surface area contributed by atoms with Crippen molar-refractivity contribution in [1.82, 2.24) is 5.16 Å². The lowest BCUT2D eigenvalue weighted by molar-refractivity contribution is 0.436. The molecule has 21 heavy (non-hydrogen) atoms. The van der Waals surface area contributed by atoms with Gasteiger partial charge in [0.25, 0.3) is 0 Å². The van der Waals surface area contributed by atoms with E-state index in [-0.39, 0.29) is 11.6 Å². The summed E-state index contributed by atoms with van der Waals surface area (Å²) >= 11 is 9.00. The highest BCUT2D eigenvalue weighted by atomic mass is 79.9. The highest BCUT2D eigenvalue weighted by molar-refractivity contribution is 9.10. The molecular formula is C15H9BrClFN2O. The van der Waals surface area contributed by atoms with E-state index in [1.54, 1.807) is 24.3 Å². The van der Waals surface area contributed by atoms with Gasteiger partial charge in [-0.05, 0) is 51.8 Å². The standard InChI is InChI=1S/C15H9BrClFN2O/c16-11-6-3-9(7-12(11)18)14-13(15(19)20-21-14)8-1-4-10(17)5-2-8/h1-7H,(H2,19,20). The third-order valence-electron chi connectivity index (χ3n) is 3.03. The van der Waals surface area contributed by atoms with Crippen LogP contribution in [-0.4, -0.2) is 5.16 Å². The number of benzene rings is 2. The number of anilines is 1. The maximum atomic E-state index is 13.7. The molecule has 1 aromatic heterocycles. The molecule has 0 fully saturated rings. The first-order valence-corrected chi connectivity index (χ1v) is 7.20. The monoisotopic (exact) mass is 366 g/mol. The number of aromatic nitrogens is 1. The van der Waals surface area contributed by atoms with Crippen LogP contribution in [0, 0.1) is 5.82 Å². The Labute approximate surface area is 133 Å². The fourth-order valence-electron chi connectivity index (χ4n) is 2.03. The molecule has 3 rings (SSSR count). The summed E-state index contributed by atoms with van der Waals surface area (Å²) in [6, 6.07) is 11.8. The Balaban J connectivity index is 2.16. The van der Waals surface area contributed by atoms with E-state index in [0.717, 1.165) is 5.56 Å². The van der Waals surface area contributed by atoms with Gasteiger partial charge in [-0.2, -0.15) is 0 Å². The molecular weight excluding hydrogens is 359 g/mol. The van der Waals surface area contributed by atoms with Crippen molar-refractivity contribution >= 4 is 33.3 Å². The first kappa shape index (κ1) is 14.1. The van der Waals surface area contributed by atoms with E-state index in [4.69, 9.17) is 21.9 Å². The Hall–Kier alpha value is -1.85. The molecule has 0 aliphatic heterocycles. The lowest BCUT2D eigenvalue weighted by atomic mass is 10.0. The predicted molar refractivity (Wildman–Crippen MR) is 84.5 cm³/mol. The van der Waals surface area contributed by atoms with Crippen LogP contribution in [0.4, 0.5) is 10.2 Å². The molecule has 2 aromatic carbocycles. The molecule has 0 spiro atoms. The molecule has 0 atom stereocenters. The molecule has 0 unspecified atom stereocenters. The van der Waals surface area contributed by atoms with Gasteiger partial charge in [0.2, 0.25) is 0 Å². The predicted octanol–water partition coefficient (Wildman–Crippen LogP) is 5.15. The molecule has 6 heteroatoms. The topological polar surface area (TPSA) is 52.0 Å². The van der Waals surface area contributed by atoms with Crippen LogP contribution in [0.1, 0.15) is 0 Å². The second-order valence-corrected chi connectivity index (χ2v) is 5.70. The van der Waals surface area contributed by atoms with Gasteiger partial charge in [0.15, 0.2) is 11.6 Å². The van der Waals surface area contributed by atoms with Crippen LogP contribution in [0.2, 0.25) is 5.02 Å². The average Bonchev–Trinajstić information content (AvgIpc) is 2.85. The molecule has 0 bridgehead atoms. The molecule has 0 aliphatic rings. The van der Waals surface area contributed by atoms with E-state index >= 15 is 0 Å². The minimum atomic E-state index is -0.385. The van der Waals surface area contributed by atoms with E-state index in [9.17, 15) is 4.39 Å². The second-order valence-electron chi connectivity index (χ2n) is 4.41. The number of hydrogen-bond donors (Lipinski definition) is 1. The summed E-state index contributed by atoms with van der Waals surface area (Å²) in [5.41, 5.74) is 7.86. The van der Waals surface area contributed by atoms with E-state index in [0.29, 0.717) is 26.4 Å². The second kappa shape index (κ2) is 5.50. The minimum absolute atomic E-state index is 0.246. The highest BCUT2D eigenvalue weighted by Crippen LogP contribution is 2.37. The lowest BCUT2D eigenvalue weighted by Gasteiger charge is -2.04. The van der Waals surface area contributed by atoms with E-state index in [2.05, 4.69) is 21.1 Å².